The van der Waals surface area contributed by atoms with Crippen molar-refractivity contribution < 1.29 is 22.7 Å². The van der Waals surface area contributed by atoms with E-state index in [-0.39, 0.29) is 18.3 Å². The van der Waals surface area contributed by atoms with Gasteiger partial charge in [-0.15, -0.1) is 13.2 Å². The van der Waals surface area contributed by atoms with Crippen molar-refractivity contribution in [1.29, 1.82) is 0 Å². The molecule has 3 rings (SSSR count). The Morgan fingerprint density at radius 2 is 2.12 bits per heavy atom. The zero-order valence-electron chi connectivity index (χ0n) is 13.2. The van der Waals surface area contributed by atoms with Crippen LogP contribution in [0.1, 0.15) is 11.1 Å². The number of anilines is 1. The lowest BCUT2D eigenvalue weighted by Crippen LogP contribution is -2.51. The highest BCUT2D eigenvalue weighted by atomic mass is 19.4. The third-order valence-corrected chi connectivity index (χ3v) is 3.69. The first-order valence-corrected chi connectivity index (χ1v) is 7.40. The fraction of sp³-hybridized carbons (Fsp3) is 0.250. The third-order valence-electron chi connectivity index (χ3n) is 3.69. The van der Waals surface area contributed by atoms with E-state index in [9.17, 15) is 18.0 Å². The molecule has 1 N–H and O–H groups in total. The molecule has 1 aliphatic rings. The van der Waals surface area contributed by atoms with Crippen LogP contribution in [-0.4, -0.2) is 29.4 Å². The predicted molar refractivity (Wildman–Crippen MR) is 83.5 cm³/mol. The molecule has 25 heavy (non-hydrogen) atoms. The van der Waals surface area contributed by atoms with Gasteiger partial charge in [0, 0.05) is 31.5 Å². The number of benzene rings is 1. The summed E-state index contributed by atoms with van der Waals surface area (Å²) in [6.45, 7) is 0.481. The number of nitrogens with one attached hydrogen (secondary N) is 1. The number of urea groups is 1. The van der Waals surface area contributed by atoms with E-state index in [4.69, 9.17) is 0 Å². The Balaban J connectivity index is 1.77. The number of fused-ring (bicyclic) bond motifs is 1. The van der Waals surface area contributed by atoms with E-state index in [0.29, 0.717) is 17.8 Å². The number of carbonyl (C=O) groups is 1. The number of alkyl halides is 3. The molecule has 2 amide bonds. The monoisotopic (exact) mass is 352 g/mol. The van der Waals surface area contributed by atoms with Gasteiger partial charge in [-0.25, -0.2) is 10.2 Å². The van der Waals surface area contributed by atoms with Crippen LogP contribution < -0.4 is 15.1 Å². The molecule has 2 heterocycles. The van der Waals surface area contributed by atoms with Crippen LogP contribution in [0.15, 0.2) is 42.7 Å². The number of rotatable bonds is 4. The lowest BCUT2D eigenvalue weighted by molar-refractivity contribution is -0.274. The first-order chi connectivity index (χ1) is 11.8. The molecule has 0 atom stereocenters. The van der Waals surface area contributed by atoms with Gasteiger partial charge in [-0.3, -0.25) is 14.9 Å². The van der Waals surface area contributed by atoms with Crippen LogP contribution in [0.3, 0.4) is 0 Å². The maximum absolute atomic E-state index is 12.4. The van der Waals surface area contributed by atoms with E-state index in [0.717, 1.165) is 5.56 Å². The Labute approximate surface area is 141 Å². The number of hydrazine groups is 1. The van der Waals surface area contributed by atoms with Gasteiger partial charge in [-0.2, -0.15) is 0 Å². The van der Waals surface area contributed by atoms with Gasteiger partial charge in [0.05, 0.1) is 12.2 Å². The van der Waals surface area contributed by atoms with Crippen molar-refractivity contribution in [2.24, 2.45) is 0 Å². The van der Waals surface area contributed by atoms with Crippen molar-refractivity contribution in [2.75, 3.05) is 11.9 Å². The smallest absolute Gasteiger partial charge is 0.406 e. The number of pyridine rings is 1. The van der Waals surface area contributed by atoms with Gasteiger partial charge < -0.3 is 4.74 Å². The Morgan fingerprint density at radius 1 is 1.32 bits per heavy atom. The van der Waals surface area contributed by atoms with Gasteiger partial charge in [-0.1, -0.05) is 6.07 Å². The minimum atomic E-state index is -4.76. The lowest BCUT2D eigenvalue weighted by atomic mass is 10.1. The Hall–Kier alpha value is -2.81. The molecule has 0 saturated carbocycles. The number of hydrogen-bond donors (Lipinski definition) is 1. The molecule has 0 unspecified atom stereocenters. The molecule has 0 bridgehead atoms. The maximum atomic E-state index is 12.4. The predicted octanol–water partition coefficient (Wildman–Crippen LogP) is 3.06. The number of aromatic nitrogens is 1. The van der Waals surface area contributed by atoms with E-state index in [1.165, 1.54) is 28.1 Å². The molecule has 132 valence electrons. The zero-order chi connectivity index (χ0) is 18.0. The summed E-state index contributed by atoms with van der Waals surface area (Å²) >= 11 is 0. The minimum Gasteiger partial charge on any atom is -0.406 e. The minimum absolute atomic E-state index is 0.119. The first-order valence-electron chi connectivity index (χ1n) is 7.40. The van der Waals surface area contributed by atoms with Crippen molar-refractivity contribution in [1.82, 2.24) is 15.4 Å². The number of carbonyl (C=O) groups excluding carboxylic acids is 1. The maximum Gasteiger partial charge on any atom is 0.573 e. The van der Waals surface area contributed by atoms with Crippen molar-refractivity contribution in [3.63, 3.8) is 0 Å². The SMILES string of the molecule is CN1C(=O)N(NCc2cccnc2)Cc2cc(OC(F)(F)F)ccc21. The topological polar surface area (TPSA) is 57.7 Å². The number of nitrogens with zero attached hydrogens (tertiary/aromatic N) is 3. The van der Waals surface area contributed by atoms with E-state index in [2.05, 4.69) is 15.1 Å². The summed E-state index contributed by atoms with van der Waals surface area (Å²) in [5.41, 5.74) is 4.92. The average molecular weight is 352 g/mol. The van der Waals surface area contributed by atoms with Crippen LogP contribution in [0.4, 0.5) is 23.7 Å². The standard InChI is InChI=1S/C16H15F3N4O2/c1-22-14-5-4-13(25-16(17,18)19)7-12(14)10-23(15(22)24)21-9-11-3-2-6-20-8-11/h2-8,21H,9-10H2,1H3. The second-order valence-electron chi connectivity index (χ2n) is 5.46. The number of halogens is 3. The van der Waals surface area contributed by atoms with Gasteiger partial charge in [0.1, 0.15) is 5.75 Å². The van der Waals surface area contributed by atoms with Gasteiger partial charge in [0.2, 0.25) is 0 Å². The van der Waals surface area contributed by atoms with Gasteiger partial charge in [0.15, 0.2) is 0 Å². The zero-order valence-corrected chi connectivity index (χ0v) is 13.2. The van der Waals surface area contributed by atoms with E-state index in [1.807, 2.05) is 6.07 Å². The quantitative estimate of drug-likeness (QED) is 0.919. The summed E-state index contributed by atoms with van der Waals surface area (Å²) in [5, 5.41) is 1.34. The summed E-state index contributed by atoms with van der Waals surface area (Å²) in [4.78, 5) is 17.7. The molecule has 0 saturated heterocycles. The highest BCUT2D eigenvalue weighted by Gasteiger charge is 2.33. The summed E-state index contributed by atoms with van der Waals surface area (Å²) < 4.78 is 41.1. The molecule has 0 radical (unpaired) electrons. The molecule has 1 aliphatic heterocycles. The van der Waals surface area contributed by atoms with E-state index in [1.54, 1.807) is 25.5 Å². The number of ether oxygens (including phenoxy) is 1. The van der Waals surface area contributed by atoms with Gasteiger partial charge in [0.25, 0.3) is 0 Å². The summed E-state index contributed by atoms with van der Waals surface area (Å²) in [6, 6.07) is 7.23. The third kappa shape index (κ3) is 4.00. The Kier molecular flexibility index (Phi) is 4.49. The first kappa shape index (κ1) is 17.0. The van der Waals surface area contributed by atoms with Crippen LogP contribution in [0, 0.1) is 0 Å². The fourth-order valence-electron chi connectivity index (χ4n) is 2.55. The highest BCUT2D eigenvalue weighted by molar-refractivity contribution is 5.94. The van der Waals surface area contributed by atoms with Crippen LogP contribution in [-0.2, 0) is 13.1 Å². The molecule has 0 fully saturated rings. The normalized spacial score (nSPS) is 14.5. The van der Waals surface area contributed by atoms with Crippen molar-refractivity contribution in [2.45, 2.75) is 19.5 Å². The molecule has 1 aromatic heterocycles. The van der Waals surface area contributed by atoms with Crippen LogP contribution in [0.2, 0.25) is 0 Å². The average Bonchev–Trinajstić information content (AvgIpc) is 2.56. The highest BCUT2D eigenvalue weighted by Crippen LogP contribution is 2.32. The van der Waals surface area contributed by atoms with Gasteiger partial charge >= 0.3 is 12.4 Å². The molecular weight excluding hydrogens is 337 g/mol. The fourth-order valence-corrected chi connectivity index (χ4v) is 2.55. The van der Waals surface area contributed by atoms with Crippen molar-refractivity contribution in [3.05, 3.63) is 53.9 Å². The summed E-state index contributed by atoms with van der Waals surface area (Å²) in [5.74, 6) is -0.318. The molecule has 0 spiro atoms. The van der Waals surface area contributed by atoms with Crippen LogP contribution >= 0.6 is 0 Å². The lowest BCUT2D eigenvalue weighted by Gasteiger charge is -2.35. The molecule has 9 heteroatoms. The molecule has 2 aromatic rings. The number of amides is 2. The Morgan fingerprint density at radius 3 is 2.80 bits per heavy atom. The molecule has 0 aliphatic carbocycles. The second kappa shape index (κ2) is 6.60. The molecular formula is C16H15F3N4O2. The van der Waals surface area contributed by atoms with Gasteiger partial charge in [-0.05, 0) is 29.8 Å². The van der Waals surface area contributed by atoms with E-state index >= 15 is 0 Å². The van der Waals surface area contributed by atoms with Crippen molar-refractivity contribution >= 4 is 11.7 Å². The summed E-state index contributed by atoms with van der Waals surface area (Å²) in [6.07, 6.45) is -1.46. The summed E-state index contributed by atoms with van der Waals surface area (Å²) in [7, 11) is 1.56. The van der Waals surface area contributed by atoms with E-state index < -0.39 is 6.36 Å². The number of hydrogen-bond acceptors (Lipinski definition) is 4. The molecule has 6 nitrogen and oxygen atoms in total. The van der Waals surface area contributed by atoms with Crippen LogP contribution in [0.5, 0.6) is 5.75 Å². The largest absolute Gasteiger partial charge is 0.573 e. The molecule has 1 aromatic carbocycles. The Bertz CT molecular complexity index is 768. The van der Waals surface area contributed by atoms with Crippen molar-refractivity contribution in [3.8, 4) is 5.75 Å². The van der Waals surface area contributed by atoms with Crippen LogP contribution in [0.25, 0.3) is 0 Å². The second-order valence-corrected chi connectivity index (χ2v) is 5.46.